The maximum Gasteiger partial charge on any atom is 0.308 e. The Morgan fingerprint density at radius 1 is 1.06 bits per heavy atom. The molecule has 0 bridgehead atoms. The first kappa shape index (κ1) is 29.1. The predicted octanol–water partition coefficient (Wildman–Crippen LogP) is 5.32. The minimum Gasteiger partial charge on any atom is -0.484 e. The van der Waals surface area contributed by atoms with Crippen LogP contribution in [0.3, 0.4) is 0 Å². The van der Waals surface area contributed by atoms with E-state index in [2.05, 4.69) is 28.2 Å². The van der Waals surface area contributed by atoms with Crippen molar-refractivity contribution in [2.24, 2.45) is 0 Å². The van der Waals surface area contributed by atoms with Gasteiger partial charge >= 0.3 is 5.97 Å². The molecule has 0 spiro atoms. The number of rotatable bonds is 16. The summed E-state index contributed by atoms with van der Waals surface area (Å²) in [7, 11) is 0. The molecule has 1 aromatic carbocycles. The average Bonchev–Trinajstić information content (AvgIpc) is 2.84. The van der Waals surface area contributed by atoms with Crippen molar-refractivity contribution < 1.29 is 23.9 Å². The summed E-state index contributed by atoms with van der Waals surface area (Å²) in [4.78, 5) is 39.0. The van der Waals surface area contributed by atoms with E-state index in [9.17, 15) is 14.4 Å². The van der Waals surface area contributed by atoms with Gasteiger partial charge in [-0.2, -0.15) is 0 Å². The molecule has 1 aliphatic heterocycles. The van der Waals surface area contributed by atoms with Gasteiger partial charge in [-0.1, -0.05) is 80.6 Å². The average molecular weight is 554 g/mol. The zero-order chi connectivity index (χ0) is 25.5. The molecule has 1 atom stereocenters. The Balaban J connectivity index is 1.67. The first-order valence-electron chi connectivity index (χ1n) is 13.0. The van der Waals surface area contributed by atoms with Crippen LogP contribution in [-0.4, -0.2) is 55.0 Å². The van der Waals surface area contributed by atoms with Gasteiger partial charge in [0.2, 0.25) is 5.91 Å². The maximum absolute atomic E-state index is 12.8. The number of carbonyl (C=O) groups excluding carboxylic acids is 3. The minimum absolute atomic E-state index is 0.146. The number of hydrogen-bond acceptors (Lipinski definition) is 5. The minimum atomic E-state index is -0.869. The number of hydrogen-bond donors (Lipinski definition) is 1. The number of benzene rings is 1. The van der Waals surface area contributed by atoms with Crippen LogP contribution >= 0.6 is 15.9 Å². The fourth-order valence-electron chi connectivity index (χ4n) is 4.14. The lowest BCUT2D eigenvalue weighted by Crippen LogP contribution is -2.58. The molecule has 0 aliphatic carbocycles. The highest BCUT2D eigenvalue weighted by atomic mass is 79.9. The Labute approximate surface area is 218 Å². The van der Waals surface area contributed by atoms with Crippen LogP contribution in [0.2, 0.25) is 0 Å². The van der Waals surface area contributed by atoms with E-state index in [4.69, 9.17) is 9.47 Å². The van der Waals surface area contributed by atoms with Gasteiger partial charge < -0.3 is 19.7 Å². The SMILES string of the molecule is CCCCCCCCCCCCOC(=O)CC1C(=O)NCCN1C(=O)COc1ccc(Br)c(C)c1. The van der Waals surface area contributed by atoms with Crippen molar-refractivity contribution in [3.05, 3.63) is 28.2 Å². The Morgan fingerprint density at radius 2 is 1.71 bits per heavy atom. The number of esters is 1. The van der Waals surface area contributed by atoms with Crippen molar-refractivity contribution in [2.45, 2.75) is 90.5 Å². The summed E-state index contributed by atoms with van der Waals surface area (Å²) >= 11 is 3.44. The molecule has 1 aromatic rings. The van der Waals surface area contributed by atoms with Crippen LogP contribution in [-0.2, 0) is 19.1 Å². The third-order valence-corrected chi connectivity index (χ3v) is 7.15. The molecular formula is C27H41BrN2O5. The van der Waals surface area contributed by atoms with Gasteiger partial charge in [0.1, 0.15) is 11.8 Å². The molecule has 7 nitrogen and oxygen atoms in total. The van der Waals surface area contributed by atoms with Crippen LogP contribution in [0.25, 0.3) is 0 Å². The summed E-state index contributed by atoms with van der Waals surface area (Å²) in [5.74, 6) is -0.536. The van der Waals surface area contributed by atoms with Crippen molar-refractivity contribution in [1.82, 2.24) is 10.2 Å². The van der Waals surface area contributed by atoms with Gasteiger partial charge in [0.15, 0.2) is 6.61 Å². The van der Waals surface area contributed by atoms with Crippen LogP contribution in [0.1, 0.15) is 83.1 Å². The molecule has 1 unspecified atom stereocenters. The lowest BCUT2D eigenvalue weighted by Gasteiger charge is -2.34. The summed E-state index contributed by atoms with van der Waals surface area (Å²) in [5, 5.41) is 2.74. The smallest absolute Gasteiger partial charge is 0.308 e. The Bertz CT molecular complexity index is 817. The number of unbranched alkanes of at least 4 members (excludes halogenated alkanes) is 9. The van der Waals surface area contributed by atoms with Crippen LogP contribution in [0.15, 0.2) is 22.7 Å². The van der Waals surface area contributed by atoms with E-state index in [0.29, 0.717) is 25.4 Å². The second-order valence-corrected chi connectivity index (χ2v) is 10.1. The predicted molar refractivity (Wildman–Crippen MR) is 140 cm³/mol. The molecule has 1 aliphatic rings. The van der Waals surface area contributed by atoms with Crippen LogP contribution in [0.4, 0.5) is 0 Å². The first-order chi connectivity index (χ1) is 16.9. The Hall–Kier alpha value is -2.09. The zero-order valence-electron chi connectivity index (χ0n) is 21.3. The first-order valence-corrected chi connectivity index (χ1v) is 13.8. The molecule has 1 heterocycles. The lowest BCUT2D eigenvalue weighted by molar-refractivity contribution is -0.152. The normalized spacial score (nSPS) is 15.6. The monoisotopic (exact) mass is 552 g/mol. The van der Waals surface area contributed by atoms with Crippen molar-refractivity contribution >= 4 is 33.7 Å². The molecule has 0 aromatic heterocycles. The number of ether oxygens (including phenoxy) is 2. The summed E-state index contributed by atoms with van der Waals surface area (Å²) in [6, 6.07) is 4.60. The van der Waals surface area contributed by atoms with E-state index >= 15 is 0 Å². The number of carbonyl (C=O) groups is 3. The van der Waals surface area contributed by atoms with Gasteiger partial charge in [-0.25, -0.2) is 0 Å². The van der Waals surface area contributed by atoms with Gasteiger partial charge in [-0.3, -0.25) is 14.4 Å². The van der Waals surface area contributed by atoms with Crippen molar-refractivity contribution in [1.29, 1.82) is 0 Å². The molecule has 0 saturated carbocycles. The van der Waals surface area contributed by atoms with E-state index in [0.717, 1.165) is 29.3 Å². The second-order valence-electron chi connectivity index (χ2n) is 9.20. The van der Waals surface area contributed by atoms with Gasteiger partial charge in [0.25, 0.3) is 5.91 Å². The number of nitrogens with zero attached hydrogens (tertiary/aromatic N) is 1. The van der Waals surface area contributed by atoms with Gasteiger partial charge in [0.05, 0.1) is 13.0 Å². The fourth-order valence-corrected chi connectivity index (χ4v) is 4.39. The van der Waals surface area contributed by atoms with Crippen LogP contribution in [0.5, 0.6) is 5.75 Å². The van der Waals surface area contributed by atoms with E-state index in [1.807, 2.05) is 19.1 Å². The number of nitrogens with one attached hydrogen (secondary N) is 1. The highest BCUT2D eigenvalue weighted by Gasteiger charge is 2.35. The van der Waals surface area contributed by atoms with E-state index in [1.54, 1.807) is 6.07 Å². The zero-order valence-corrected chi connectivity index (χ0v) is 22.9. The molecule has 1 N–H and O–H groups in total. The number of amides is 2. The van der Waals surface area contributed by atoms with Crippen molar-refractivity contribution in [3.63, 3.8) is 0 Å². The summed E-state index contributed by atoms with van der Waals surface area (Å²) < 4.78 is 11.9. The highest BCUT2D eigenvalue weighted by Crippen LogP contribution is 2.22. The van der Waals surface area contributed by atoms with E-state index < -0.39 is 12.0 Å². The van der Waals surface area contributed by atoms with E-state index in [1.165, 1.54) is 49.8 Å². The van der Waals surface area contributed by atoms with Crippen LogP contribution in [0, 0.1) is 6.92 Å². The molecule has 1 saturated heterocycles. The molecule has 0 radical (unpaired) electrons. The maximum atomic E-state index is 12.8. The fraction of sp³-hybridized carbons (Fsp3) is 0.667. The molecular weight excluding hydrogens is 512 g/mol. The van der Waals surface area contributed by atoms with Gasteiger partial charge in [-0.05, 0) is 37.1 Å². The Morgan fingerprint density at radius 3 is 2.37 bits per heavy atom. The van der Waals surface area contributed by atoms with Crippen molar-refractivity contribution in [3.8, 4) is 5.75 Å². The number of piperazine rings is 1. The number of halogens is 1. The third-order valence-electron chi connectivity index (χ3n) is 6.26. The molecule has 196 valence electrons. The molecule has 1 fully saturated rings. The van der Waals surface area contributed by atoms with Crippen molar-refractivity contribution in [2.75, 3.05) is 26.3 Å². The van der Waals surface area contributed by atoms with E-state index in [-0.39, 0.29) is 24.8 Å². The number of aryl methyl sites for hydroxylation is 1. The largest absolute Gasteiger partial charge is 0.484 e. The third kappa shape index (κ3) is 11.0. The quantitative estimate of drug-likeness (QED) is 0.221. The lowest BCUT2D eigenvalue weighted by atomic mass is 10.1. The molecule has 2 rings (SSSR count). The standard InChI is InChI=1S/C27H41BrN2O5/c1-3-4-5-6-7-8-9-10-11-12-17-34-26(32)19-24-27(33)29-15-16-30(24)25(31)20-35-22-13-14-23(28)21(2)18-22/h13-14,18,24H,3-12,15-17,19-20H2,1-2H3,(H,29,33). The molecule has 35 heavy (non-hydrogen) atoms. The summed E-state index contributed by atoms with van der Waals surface area (Å²) in [6.07, 6.45) is 11.9. The van der Waals surface area contributed by atoms with Gasteiger partial charge in [-0.15, -0.1) is 0 Å². The van der Waals surface area contributed by atoms with Gasteiger partial charge in [0, 0.05) is 17.6 Å². The summed E-state index contributed by atoms with van der Waals surface area (Å²) in [5.41, 5.74) is 0.996. The highest BCUT2D eigenvalue weighted by molar-refractivity contribution is 9.10. The van der Waals surface area contributed by atoms with Crippen LogP contribution < -0.4 is 10.1 Å². The topological polar surface area (TPSA) is 84.9 Å². The summed E-state index contributed by atoms with van der Waals surface area (Å²) in [6.45, 7) is 5.01. The Kier molecular flexibility index (Phi) is 13.8. The molecule has 2 amide bonds. The second kappa shape index (κ2) is 16.6. The molecule has 8 heteroatoms.